The van der Waals surface area contributed by atoms with Gasteiger partial charge in [-0.1, -0.05) is 35.9 Å². The van der Waals surface area contributed by atoms with Crippen LogP contribution in [0.5, 0.6) is 5.75 Å². The monoisotopic (exact) mass is 320 g/mol. The molecule has 0 aliphatic carbocycles. The summed E-state index contributed by atoms with van der Waals surface area (Å²) in [6, 6.07) is 12.7. The van der Waals surface area contributed by atoms with Crippen molar-refractivity contribution in [2.45, 2.75) is 6.92 Å². The van der Waals surface area contributed by atoms with Crippen molar-refractivity contribution in [1.82, 2.24) is 5.43 Å². The molecule has 0 radical (unpaired) electrons. The van der Waals surface area contributed by atoms with Gasteiger partial charge in [0.1, 0.15) is 11.6 Å². The first-order chi connectivity index (χ1) is 10.6. The van der Waals surface area contributed by atoms with Gasteiger partial charge in [0.15, 0.2) is 6.61 Å². The number of halogens is 2. The third-order valence-corrected chi connectivity index (χ3v) is 3.12. The molecule has 0 aliphatic heterocycles. The van der Waals surface area contributed by atoms with Gasteiger partial charge < -0.3 is 4.74 Å². The number of para-hydroxylation sites is 1. The van der Waals surface area contributed by atoms with Gasteiger partial charge in [0, 0.05) is 0 Å². The van der Waals surface area contributed by atoms with Gasteiger partial charge in [0.25, 0.3) is 5.91 Å². The molecule has 0 bridgehead atoms. The number of hydrogen-bond acceptors (Lipinski definition) is 3. The fourth-order valence-electron chi connectivity index (χ4n) is 1.64. The molecular formula is C16H14ClFN2O2. The van der Waals surface area contributed by atoms with Crippen molar-refractivity contribution < 1.29 is 13.9 Å². The number of rotatable bonds is 5. The molecule has 2 aromatic carbocycles. The number of hydrazone groups is 1. The van der Waals surface area contributed by atoms with Crippen molar-refractivity contribution in [3.63, 3.8) is 0 Å². The van der Waals surface area contributed by atoms with E-state index in [-0.39, 0.29) is 12.4 Å². The lowest BCUT2D eigenvalue weighted by atomic mass is 10.1. The van der Waals surface area contributed by atoms with Crippen molar-refractivity contribution in [2.24, 2.45) is 5.10 Å². The number of carbonyl (C=O) groups excluding carboxylic acids is 1. The summed E-state index contributed by atoms with van der Waals surface area (Å²) in [5, 5.41) is 4.37. The van der Waals surface area contributed by atoms with Crippen LogP contribution in [0.25, 0.3) is 0 Å². The average molecular weight is 321 g/mol. The van der Waals surface area contributed by atoms with Crippen molar-refractivity contribution in [1.29, 1.82) is 0 Å². The first-order valence-corrected chi connectivity index (χ1v) is 6.90. The number of nitrogens with zero attached hydrogens (tertiary/aromatic N) is 1. The Kier molecular flexibility index (Phi) is 5.49. The number of nitrogens with one attached hydrogen (secondary N) is 1. The standard InChI is InChI=1S/C16H14ClFN2O2/c1-11(12-6-8-13(18)9-7-12)19-20-16(21)10-22-15-5-3-2-4-14(15)17/h2-9H,10H2,1H3,(H,20,21)/b19-11-. The first kappa shape index (κ1) is 16.0. The van der Waals surface area contributed by atoms with E-state index in [4.69, 9.17) is 16.3 Å². The van der Waals surface area contributed by atoms with Gasteiger partial charge in [0.2, 0.25) is 0 Å². The van der Waals surface area contributed by atoms with Gasteiger partial charge in [0.05, 0.1) is 10.7 Å². The highest BCUT2D eigenvalue weighted by Gasteiger charge is 2.05. The lowest BCUT2D eigenvalue weighted by Crippen LogP contribution is -2.25. The van der Waals surface area contributed by atoms with Gasteiger partial charge in [-0.2, -0.15) is 5.10 Å². The van der Waals surface area contributed by atoms with Crippen LogP contribution in [0.15, 0.2) is 53.6 Å². The zero-order chi connectivity index (χ0) is 15.9. The maximum absolute atomic E-state index is 12.8. The Morgan fingerprint density at radius 2 is 1.91 bits per heavy atom. The molecule has 1 amide bonds. The van der Waals surface area contributed by atoms with Crippen molar-refractivity contribution >= 4 is 23.2 Å². The summed E-state index contributed by atoms with van der Waals surface area (Å²) >= 11 is 5.91. The zero-order valence-corrected chi connectivity index (χ0v) is 12.6. The summed E-state index contributed by atoms with van der Waals surface area (Å²) < 4.78 is 18.1. The maximum Gasteiger partial charge on any atom is 0.277 e. The Morgan fingerprint density at radius 1 is 1.23 bits per heavy atom. The summed E-state index contributed by atoms with van der Waals surface area (Å²) in [6.45, 7) is 1.51. The van der Waals surface area contributed by atoms with Crippen LogP contribution in [0, 0.1) is 5.82 Å². The Labute approximate surface area is 132 Å². The molecule has 0 fully saturated rings. The highest BCUT2D eigenvalue weighted by atomic mass is 35.5. The average Bonchev–Trinajstić information content (AvgIpc) is 2.52. The van der Waals surface area contributed by atoms with E-state index in [1.165, 1.54) is 12.1 Å². The van der Waals surface area contributed by atoms with E-state index in [9.17, 15) is 9.18 Å². The van der Waals surface area contributed by atoms with Crippen LogP contribution in [0.2, 0.25) is 5.02 Å². The van der Waals surface area contributed by atoms with E-state index >= 15 is 0 Å². The molecule has 2 aromatic rings. The third kappa shape index (κ3) is 4.56. The fourth-order valence-corrected chi connectivity index (χ4v) is 1.83. The fraction of sp³-hybridized carbons (Fsp3) is 0.125. The molecule has 0 aromatic heterocycles. The normalized spacial score (nSPS) is 11.1. The molecule has 2 rings (SSSR count). The van der Waals surface area contributed by atoms with Crippen LogP contribution in [0.3, 0.4) is 0 Å². The van der Waals surface area contributed by atoms with Gasteiger partial charge in [-0.25, -0.2) is 9.82 Å². The second kappa shape index (κ2) is 7.56. The quantitative estimate of drug-likeness (QED) is 0.678. The molecular weight excluding hydrogens is 307 g/mol. The van der Waals surface area contributed by atoms with Crippen molar-refractivity contribution in [2.75, 3.05) is 6.61 Å². The lowest BCUT2D eigenvalue weighted by molar-refractivity contribution is -0.123. The molecule has 0 saturated heterocycles. The number of carbonyl (C=O) groups is 1. The number of amides is 1. The second-order valence-corrected chi connectivity index (χ2v) is 4.87. The molecule has 4 nitrogen and oxygen atoms in total. The number of ether oxygens (including phenoxy) is 1. The van der Waals surface area contributed by atoms with Gasteiger partial charge in [-0.15, -0.1) is 0 Å². The van der Waals surface area contributed by atoms with E-state index in [0.29, 0.717) is 22.0 Å². The third-order valence-electron chi connectivity index (χ3n) is 2.81. The Morgan fingerprint density at radius 3 is 2.59 bits per heavy atom. The van der Waals surface area contributed by atoms with E-state index in [2.05, 4.69) is 10.5 Å². The van der Waals surface area contributed by atoms with Crippen molar-refractivity contribution in [3.05, 3.63) is 64.9 Å². The molecule has 22 heavy (non-hydrogen) atoms. The van der Waals surface area contributed by atoms with Gasteiger partial charge in [-0.3, -0.25) is 4.79 Å². The number of benzene rings is 2. The van der Waals surface area contributed by atoms with Crippen molar-refractivity contribution in [3.8, 4) is 5.75 Å². The Balaban J connectivity index is 1.88. The number of hydrogen-bond donors (Lipinski definition) is 1. The molecule has 0 unspecified atom stereocenters. The van der Waals surface area contributed by atoms with Gasteiger partial charge >= 0.3 is 0 Å². The lowest BCUT2D eigenvalue weighted by Gasteiger charge is -2.07. The van der Waals surface area contributed by atoms with Crippen LogP contribution in [0.1, 0.15) is 12.5 Å². The topological polar surface area (TPSA) is 50.7 Å². The molecule has 114 valence electrons. The Bertz CT molecular complexity index is 687. The molecule has 0 saturated carbocycles. The van der Waals surface area contributed by atoms with Crippen LogP contribution in [-0.4, -0.2) is 18.2 Å². The van der Waals surface area contributed by atoms with E-state index in [0.717, 1.165) is 0 Å². The summed E-state index contributed by atoms with van der Waals surface area (Å²) in [6.07, 6.45) is 0. The first-order valence-electron chi connectivity index (χ1n) is 6.52. The highest BCUT2D eigenvalue weighted by Crippen LogP contribution is 2.22. The molecule has 6 heteroatoms. The predicted octanol–water partition coefficient (Wildman–Crippen LogP) is 3.40. The predicted molar refractivity (Wildman–Crippen MR) is 83.7 cm³/mol. The van der Waals surface area contributed by atoms with E-state index in [1.807, 2.05) is 0 Å². The minimum absolute atomic E-state index is 0.204. The maximum atomic E-state index is 12.8. The smallest absolute Gasteiger partial charge is 0.277 e. The molecule has 0 spiro atoms. The molecule has 1 N–H and O–H groups in total. The largest absolute Gasteiger partial charge is 0.482 e. The minimum atomic E-state index is -0.415. The van der Waals surface area contributed by atoms with Crippen LogP contribution >= 0.6 is 11.6 Å². The Hall–Kier alpha value is -2.40. The van der Waals surface area contributed by atoms with Gasteiger partial charge in [-0.05, 0) is 36.8 Å². The molecule has 0 aliphatic rings. The SMILES string of the molecule is C/C(=N/NC(=O)COc1ccccc1Cl)c1ccc(F)cc1. The minimum Gasteiger partial charge on any atom is -0.482 e. The van der Waals surface area contributed by atoms with E-state index < -0.39 is 5.91 Å². The zero-order valence-electron chi connectivity index (χ0n) is 11.8. The highest BCUT2D eigenvalue weighted by molar-refractivity contribution is 6.32. The molecule has 0 atom stereocenters. The van der Waals surface area contributed by atoms with E-state index in [1.54, 1.807) is 43.3 Å². The second-order valence-electron chi connectivity index (χ2n) is 4.46. The summed E-state index contributed by atoms with van der Waals surface area (Å²) in [7, 11) is 0. The summed E-state index contributed by atoms with van der Waals surface area (Å²) in [5.41, 5.74) is 3.65. The van der Waals surface area contributed by atoms with Crippen LogP contribution in [-0.2, 0) is 4.79 Å². The summed E-state index contributed by atoms with van der Waals surface area (Å²) in [4.78, 5) is 11.7. The molecule has 0 heterocycles. The summed E-state index contributed by atoms with van der Waals surface area (Å²) in [5.74, 6) is -0.311. The van der Waals surface area contributed by atoms with Crippen LogP contribution < -0.4 is 10.2 Å². The van der Waals surface area contributed by atoms with Crippen LogP contribution in [0.4, 0.5) is 4.39 Å².